The zero-order valence-corrected chi connectivity index (χ0v) is 11.0. The van der Waals surface area contributed by atoms with Crippen molar-refractivity contribution in [3.05, 3.63) is 28.8 Å². The number of carbonyl (C=O) groups excluding carboxylic acids is 1. The molecule has 0 radical (unpaired) electrons. The summed E-state index contributed by atoms with van der Waals surface area (Å²) in [5, 5.41) is 9.72. The van der Waals surface area contributed by atoms with Crippen LogP contribution in [-0.2, 0) is 4.74 Å². The minimum atomic E-state index is -0.356. The quantitative estimate of drug-likeness (QED) is 0.918. The van der Waals surface area contributed by atoms with Gasteiger partial charge in [0.2, 0.25) is 0 Å². The second kappa shape index (κ2) is 5.59. The van der Waals surface area contributed by atoms with E-state index in [0.717, 1.165) is 17.7 Å². The minimum Gasteiger partial charge on any atom is -0.449 e. The zero-order chi connectivity index (χ0) is 13.1. The summed E-state index contributed by atoms with van der Waals surface area (Å²) >= 11 is 5.92. The maximum Gasteiger partial charge on any atom is 0.414 e. The number of amides is 1. The van der Waals surface area contributed by atoms with Gasteiger partial charge in [-0.25, -0.2) is 4.79 Å². The lowest BCUT2D eigenvalue weighted by Gasteiger charge is -2.35. The molecule has 18 heavy (non-hydrogen) atoms. The molecule has 0 spiro atoms. The Labute approximate surface area is 111 Å². The molecule has 1 amide bonds. The number of nitrogens with zero attached hydrogens (tertiary/aromatic N) is 1. The van der Waals surface area contributed by atoms with Crippen molar-refractivity contribution in [3.8, 4) is 0 Å². The first-order chi connectivity index (χ1) is 8.63. The van der Waals surface area contributed by atoms with Crippen molar-refractivity contribution >= 4 is 23.4 Å². The summed E-state index contributed by atoms with van der Waals surface area (Å²) in [6.07, 6.45) is 0.927. The van der Waals surface area contributed by atoms with Crippen LogP contribution in [-0.4, -0.2) is 30.5 Å². The van der Waals surface area contributed by atoms with Gasteiger partial charge in [-0.15, -0.1) is 0 Å². The van der Waals surface area contributed by atoms with Crippen molar-refractivity contribution < 1.29 is 14.6 Å². The maximum atomic E-state index is 11.9. The maximum absolute atomic E-state index is 11.9. The molecule has 0 aromatic heterocycles. The third kappa shape index (κ3) is 2.60. The molecule has 1 aromatic carbocycles. The van der Waals surface area contributed by atoms with Gasteiger partial charge in [-0.05, 0) is 37.1 Å². The van der Waals surface area contributed by atoms with E-state index < -0.39 is 0 Å². The first-order valence-corrected chi connectivity index (χ1v) is 6.34. The Kier molecular flexibility index (Phi) is 4.09. The van der Waals surface area contributed by atoms with Crippen LogP contribution in [0.2, 0.25) is 5.02 Å². The number of aliphatic hydroxyl groups excluding tert-OH is 1. The Balaban J connectivity index is 2.34. The fraction of sp³-hybridized carbons (Fsp3) is 0.462. The SMILES string of the molecule is Cc1cc(Cl)ccc1N1C(=O)OCCC1CCO. The number of anilines is 1. The molecule has 1 unspecified atom stereocenters. The number of cyclic esters (lactones) is 1. The van der Waals surface area contributed by atoms with E-state index in [4.69, 9.17) is 21.4 Å². The summed E-state index contributed by atoms with van der Waals surface area (Å²) in [5.74, 6) is 0. The molecule has 1 aromatic rings. The second-order valence-corrected chi connectivity index (χ2v) is 4.81. The van der Waals surface area contributed by atoms with E-state index in [2.05, 4.69) is 0 Å². The predicted molar refractivity (Wildman–Crippen MR) is 70.1 cm³/mol. The van der Waals surface area contributed by atoms with Gasteiger partial charge in [0.05, 0.1) is 12.3 Å². The highest BCUT2D eigenvalue weighted by Crippen LogP contribution is 2.29. The summed E-state index contributed by atoms with van der Waals surface area (Å²) < 4.78 is 5.08. The van der Waals surface area contributed by atoms with Gasteiger partial charge in [-0.2, -0.15) is 0 Å². The summed E-state index contributed by atoms with van der Waals surface area (Å²) in [6.45, 7) is 2.37. The summed E-state index contributed by atoms with van der Waals surface area (Å²) in [5.41, 5.74) is 1.71. The molecule has 1 fully saturated rings. The van der Waals surface area contributed by atoms with Crippen molar-refractivity contribution in [2.45, 2.75) is 25.8 Å². The Morgan fingerprint density at radius 3 is 3.00 bits per heavy atom. The Morgan fingerprint density at radius 1 is 1.56 bits per heavy atom. The van der Waals surface area contributed by atoms with Gasteiger partial charge in [0, 0.05) is 24.1 Å². The fourth-order valence-electron chi connectivity index (χ4n) is 2.24. The van der Waals surface area contributed by atoms with Crippen LogP contribution in [0.4, 0.5) is 10.5 Å². The monoisotopic (exact) mass is 269 g/mol. The standard InChI is InChI=1S/C13H16ClNO3/c1-9-8-10(14)2-3-12(9)15-11(4-6-16)5-7-18-13(15)17/h2-3,8,11,16H,4-7H2,1H3. The lowest BCUT2D eigenvalue weighted by Crippen LogP contribution is -2.46. The molecule has 2 rings (SSSR count). The third-order valence-corrected chi connectivity index (χ3v) is 3.35. The van der Waals surface area contributed by atoms with Gasteiger partial charge >= 0.3 is 6.09 Å². The number of hydrogen-bond acceptors (Lipinski definition) is 3. The molecular weight excluding hydrogens is 254 g/mol. The number of aliphatic hydroxyl groups is 1. The van der Waals surface area contributed by atoms with Crippen LogP contribution in [0.25, 0.3) is 0 Å². The van der Waals surface area contributed by atoms with E-state index in [1.165, 1.54) is 0 Å². The number of benzene rings is 1. The number of hydrogen-bond donors (Lipinski definition) is 1. The van der Waals surface area contributed by atoms with Crippen molar-refractivity contribution in [3.63, 3.8) is 0 Å². The van der Waals surface area contributed by atoms with Gasteiger partial charge in [0.25, 0.3) is 0 Å². The number of ether oxygens (including phenoxy) is 1. The molecule has 0 aliphatic carbocycles. The normalized spacial score (nSPS) is 19.8. The number of rotatable bonds is 3. The van der Waals surface area contributed by atoms with E-state index >= 15 is 0 Å². The molecule has 1 aliphatic heterocycles. The van der Waals surface area contributed by atoms with E-state index in [1.54, 1.807) is 11.0 Å². The molecule has 1 saturated heterocycles. The molecule has 5 heteroatoms. The highest BCUT2D eigenvalue weighted by Gasteiger charge is 2.31. The van der Waals surface area contributed by atoms with Gasteiger partial charge in [-0.3, -0.25) is 4.90 Å². The average molecular weight is 270 g/mol. The van der Waals surface area contributed by atoms with E-state index in [1.807, 2.05) is 19.1 Å². The highest BCUT2D eigenvalue weighted by atomic mass is 35.5. The molecule has 0 bridgehead atoms. The molecular formula is C13H16ClNO3. The number of carbonyl (C=O) groups is 1. The Morgan fingerprint density at radius 2 is 2.33 bits per heavy atom. The summed E-state index contributed by atoms with van der Waals surface area (Å²) in [7, 11) is 0. The molecule has 98 valence electrons. The van der Waals surface area contributed by atoms with Crippen molar-refractivity contribution in [1.82, 2.24) is 0 Å². The van der Waals surface area contributed by atoms with Crippen LogP contribution in [0.15, 0.2) is 18.2 Å². The van der Waals surface area contributed by atoms with Crippen molar-refractivity contribution in [2.75, 3.05) is 18.1 Å². The molecule has 1 N–H and O–H groups in total. The minimum absolute atomic E-state index is 0.0175. The fourth-order valence-corrected chi connectivity index (χ4v) is 2.46. The topological polar surface area (TPSA) is 49.8 Å². The molecule has 1 heterocycles. The van der Waals surface area contributed by atoms with Gasteiger partial charge < -0.3 is 9.84 Å². The second-order valence-electron chi connectivity index (χ2n) is 4.37. The highest BCUT2D eigenvalue weighted by molar-refractivity contribution is 6.30. The summed E-state index contributed by atoms with van der Waals surface area (Å²) in [6, 6.07) is 5.36. The lowest BCUT2D eigenvalue weighted by molar-refractivity contribution is 0.124. The molecule has 0 saturated carbocycles. The number of halogens is 1. The Bertz CT molecular complexity index is 448. The zero-order valence-electron chi connectivity index (χ0n) is 10.2. The largest absolute Gasteiger partial charge is 0.449 e. The van der Waals surface area contributed by atoms with Crippen LogP contribution in [0, 0.1) is 6.92 Å². The molecule has 1 aliphatic rings. The van der Waals surface area contributed by atoms with Crippen molar-refractivity contribution in [1.29, 1.82) is 0 Å². The van der Waals surface area contributed by atoms with Crippen LogP contribution in [0.1, 0.15) is 18.4 Å². The Hall–Kier alpha value is -1.26. The van der Waals surface area contributed by atoms with Crippen LogP contribution in [0.5, 0.6) is 0 Å². The van der Waals surface area contributed by atoms with Gasteiger partial charge in [0.15, 0.2) is 0 Å². The van der Waals surface area contributed by atoms with Crippen LogP contribution in [0.3, 0.4) is 0 Å². The van der Waals surface area contributed by atoms with Crippen LogP contribution < -0.4 is 4.90 Å². The predicted octanol–water partition coefficient (Wildman–Crippen LogP) is 2.75. The van der Waals surface area contributed by atoms with Gasteiger partial charge in [0.1, 0.15) is 0 Å². The molecule has 4 nitrogen and oxygen atoms in total. The van der Waals surface area contributed by atoms with E-state index in [-0.39, 0.29) is 18.7 Å². The van der Waals surface area contributed by atoms with Gasteiger partial charge in [-0.1, -0.05) is 11.6 Å². The summed E-state index contributed by atoms with van der Waals surface area (Å²) in [4.78, 5) is 13.5. The lowest BCUT2D eigenvalue weighted by atomic mass is 10.1. The molecule has 1 atom stereocenters. The average Bonchev–Trinajstić information content (AvgIpc) is 2.31. The smallest absolute Gasteiger partial charge is 0.414 e. The van der Waals surface area contributed by atoms with E-state index in [0.29, 0.717) is 18.1 Å². The van der Waals surface area contributed by atoms with Crippen molar-refractivity contribution in [2.24, 2.45) is 0 Å². The van der Waals surface area contributed by atoms with E-state index in [9.17, 15) is 4.79 Å². The third-order valence-electron chi connectivity index (χ3n) is 3.12. The first kappa shape index (κ1) is 13.2. The number of aryl methyl sites for hydroxylation is 1. The first-order valence-electron chi connectivity index (χ1n) is 5.96. The van der Waals surface area contributed by atoms with Crippen LogP contribution >= 0.6 is 11.6 Å².